The van der Waals surface area contributed by atoms with Crippen molar-refractivity contribution in [2.75, 3.05) is 5.75 Å². The molecule has 0 saturated heterocycles. The zero-order valence-electron chi connectivity index (χ0n) is 13.3. The number of aromatic nitrogens is 2. The smallest absolute Gasteiger partial charge is 0.370 e. The van der Waals surface area contributed by atoms with E-state index in [2.05, 4.69) is 41.7 Å². The van der Waals surface area contributed by atoms with Crippen molar-refractivity contribution in [1.82, 2.24) is 0 Å². The number of thiol groups is 1. The topological polar surface area (TPSA) is 45.1 Å². The van der Waals surface area contributed by atoms with Gasteiger partial charge in [0.05, 0.1) is 0 Å². The summed E-state index contributed by atoms with van der Waals surface area (Å²) in [7, 11) is 0. The first kappa shape index (κ1) is 17.5. The Labute approximate surface area is 142 Å². The maximum atomic E-state index is 10.7. The third kappa shape index (κ3) is 6.02. The first-order chi connectivity index (χ1) is 11.2. The van der Waals surface area contributed by atoms with Crippen LogP contribution in [0.2, 0.25) is 0 Å². The molecule has 0 unspecified atom stereocenters. The maximum Gasteiger partial charge on any atom is 0.370 e. The fourth-order valence-corrected chi connectivity index (χ4v) is 2.69. The molecule has 0 bridgehead atoms. The first-order valence-electron chi connectivity index (χ1n) is 8.00. The lowest BCUT2D eigenvalue weighted by atomic mass is 10.1. The van der Waals surface area contributed by atoms with Crippen molar-refractivity contribution in [1.29, 1.82) is 0 Å². The molecule has 0 aliphatic carbocycles. The van der Waals surface area contributed by atoms with Gasteiger partial charge in [-0.15, -0.1) is 0 Å². The number of pyridine rings is 2. The van der Waals surface area contributed by atoms with Crippen molar-refractivity contribution < 1.29 is 19.0 Å². The number of unbranched alkanes of at least 4 members (excludes halogenated alkanes) is 3. The van der Waals surface area contributed by atoms with Crippen LogP contribution in [0.3, 0.4) is 0 Å². The van der Waals surface area contributed by atoms with E-state index in [0.29, 0.717) is 0 Å². The lowest BCUT2D eigenvalue weighted by molar-refractivity contribution is -0.697. The summed E-state index contributed by atoms with van der Waals surface area (Å²) >= 11 is 4.23. The van der Waals surface area contributed by atoms with E-state index in [4.69, 9.17) is 5.11 Å². The molecule has 0 saturated carbocycles. The predicted molar refractivity (Wildman–Crippen MR) is 92.2 cm³/mol. The molecule has 4 nitrogen and oxygen atoms in total. The highest BCUT2D eigenvalue weighted by molar-refractivity contribution is 7.80. The second kappa shape index (κ2) is 9.30. The minimum Gasteiger partial charge on any atom is -0.477 e. The molecule has 2 aromatic rings. The van der Waals surface area contributed by atoms with Gasteiger partial charge in [0.25, 0.3) is 0 Å². The fraction of sp³-hybridized carbons (Fsp3) is 0.389. The molecule has 1 N–H and O–H groups in total. The second-order valence-corrected chi connectivity index (χ2v) is 6.06. The zero-order valence-corrected chi connectivity index (χ0v) is 14.2. The summed E-state index contributed by atoms with van der Waals surface area (Å²) in [5.74, 6) is 0.142. The van der Waals surface area contributed by atoms with E-state index in [1.54, 1.807) is 17.0 Å². The summed E-state index contributed by atoms with van der Waals surface area (Å²) in [4.78, 5) is 10.7. The Bertz CT molecular complexity index is 612. The Balaban J connectivity index is 1.90. The number of carboxylic acid groups (broad SMARTS) is 1. The van der Waals surface area contributed by atoms with Gasteiger partial charge in [-0.2, -0.15) is 17.2 Å². The minimum absolute atomic E-state index is 0.0116. The van der Waals surface area contributed by atoms with Crippen molar-refractivity contribution in [3.63, 3.8) is 0 Å². The number of aryl methyl sites for hydroxylation is 1. The highest BCUT2D eigenvalue weighted by Gasteiger charge is 2.08. The third-order valence-corrected chi connectivity index (χ3v) is 4.07. The number of aliphatic carboxylic acids is 1. The highest BCUT2D eigenvalue weighted by Crippen LogP contribution is 2.15. The summed E-state index contributed by atoms with van der Waals surface area (Å²) in [5, 5.41) is 8.77. The molecule has 5 heteroatoms. The van der Waals surface area contributed by atoms with Crippen LogP contribution < -0.4 is 9.13 Å². The van der Waals surface area contributed by atoms with Gasteiger partial charge < -0.3 is 5.11 Å². The van der Waals surface area contributed by atoms with Gasteiger partial charge in [-0.1, -0.05) is 6.42 Å². The van der Waals surface area contributed by atoms with E-state index < -0.39 is 5.97 Å². The predicted octanol–water partition coefficient (Wildman–Crippen LogP) is 2.50. The molecule has 0 radical (unpaired) electrons. The number of nitrogens with zero attached hydrogens (tertiary/aromatic N) is 2. The Kier molecular flexibility index (Phi) is 7.07. The van der Waals surface area contributed by atoms with Crippen LogP contribution in [0.5, 0.6) is 0 Å². The molecule has 0 aliphatic rings. The van der Waals surface area contributed by atoms with E-state index in [1.807, 2.05) is 12.1 Å². The van der Waals surface area contributed by atoms with Crippen LogP contribution in [-0.2, 0) is 17.9 Å². The second-order valence-electron chi connectivity index (χ2n) is 5.62. The highest BCUT2D eigenvalue weighted by atomic mass is 32.1. The summed E-state index contributed by atoms with van der Waals surface area (Å²) in [6, 6.07) is 8.09. The number of carboxylic acids is 1. The van der Waals surface area contributed by atoms with Crippen molar-refractivity contribution in [2.24, 2.45) is 0 Å². The molecule has 122 valence electrons. The number of hydrogen-bond acceptors (Lipinski definition) is 2. The molecule has 2 heterocycles. The Hall–Kier alpha value is -1.88. The van der Waals surface area contributed by atoms with Gasteiger partial charge in [-0.05, 0) is 29.7 Å². The molecular formula is C18H24N2O2S+2. The number of carbonyl (C=O) groups is 1. The van der Waals surface area contributed by atoms with Gasteiger partial charge in [0.15, 0.2) is 24.8 Å². The molecule has 0 aromatic carbocycles. The monoisotopic (exact) mass is 332 g/mol. The summed E-state index contributed by atoms with van der Waals surface area (Å²) < 4.78 is 3.86. The molecule has 0 spiro atoms. The number of rotatable bonds is 9. The van der Waals surface area contributed by atoms with Crippen molar-refractivity contribution in [3.8, 4) is 11.1 Å². The molecule has 0 atom stereocenters. The Morgan fingerprint density at radius 1 is 0.870 bits per heavy atom. The average Bonchev–Trinajstić information content (AvgIpc) is 2.55. The van der Waals surface area contributed by atoms with Gasteiger partial charge in [0, 0.05) is 30.7 Å². The molecular weight excluding hydrogens is 308 g/mol. The zero-order chi connectivity index (χ0) is 16.5. The Morgan fingerprint density at radius 2 is 1.39 bits per heavy atom. The minimum atomic E-state index is -0.835. The maximum absolute atomic E-state index is 10.7. The van der Waals surface area contributed by atoms with Crippen LogP contribution in [0.15, 0.2) is 49.1 Å². The van der Waals surface area contributed by atoms with Gasteiger partial charge in [0.2, 0.25) is 6.54 Å². The van der Waals surface area contributed by atoms with Crippen LogP contribution >= 0.6 is 12.6 Å². The fourth-order valence-electron chi connectivity index (χ4n) is 2.47. The molecule has 0 aliphatic heterocycles. The van der Waals surface area contributed by atoms with Gasteiger partial charge in [0.1, 0.15) is 6.54 Å². The molecule has 0 fully saturated rings. The van der Waals surface area contributed by atoms with Crippen LogP contribution in [0, 0.1) is 0 Å². The lowest BCUT2D eigenvalue weighted by Gasteiger charge is -2.01. The number of hydrogen-bond donors (Lipinski definition) is 2. The van der Waals surface area contributed by atoms with Crippen LogP contribution in [0.25, 0.3) is 11.1 Å². The normalized spacial score (nSPS) is 10.7. The summed E-state index contributed by atoms with van der Waals surface area (Å²) in [6.07, 6.45) is 12.7. The van der Waals surface area contributed by atoms with Crippen molar-refractivity contribution >= 4 is 18.6 Å². The molecule has 2 aromatic heterocycles. The quantitative estimate of drug-likeness (QED) is 0.421. The van der Waals surface area contributed by atoms with Crippen LogP contribution in [0.1, 0.15) is 25.7 Å². The van der Waals surface area contributed by atoms with E-state index in [1.165, 1.54) is 25.7 Å². The lowest BCUT2D eigenvalue weighted by Crippen LogP contribution is -2.36. The van der Waals surface area contributed by atoms with Gasteiger partial charge >= 0.3 is 5.97 Å². The van der Waals surface area contributed by atoms with E-state index in [0.717, 1.165) is 23.4 Å². The van der Waals surface area contributed by atoms with Crippen molar-refractivity contribution in [2.45, 2.75) is 38.8 Å². The van der Waals surface area contributed by atoms with Crippen LogP contribution in [0.4, 0.5) is 0 Å². The molecule has 23 heavy (non-hydrogen) atoms. The SMILES string of the molecule is O=C(O)C[n+]1ccc(-c2cc[n+](CCCCCCS)cc2)cc1. The van der Waals surface area contributed by atoms with E-state index >= 15 is 0 Å². The summed E-state index contributed by atoms with van der Waals surface area (Å²) in [5.41, 5.74) is 2.23. The molecule has 0 amide bonds. The van der Waals surface area contributed by atoms with E-state index in [-0.39, 0.29) is 6.54 Å². The first-order valence-corrected chi connectivity index (χ1v) is 8.63. The summed E-state index contributed by atoms with van der Waals surface area (Å²) in [6.45, 7) is 1.03. The van der Waals surface area contributed by atoms with E-state index in [9.17, 15) is 4.79 Å². The van der Waals surface area contributed by atoms with Gasteiger partial charge in [-0.25, -0.2) is 9.36 Å². The van der Waals surface area contributed by atoms with Gasteiger partial charge in [-0.3, -0.25) is 0 Å². The largest absolute Gasteiger partial charge is 0.477 e. The average molecular weight is 332 g/mol. The van der Waals surface area contributed by atoms with Crippen LogP contribution in [-0.4, -0.2) is 16.8 Å². The standard InChI is InChI=1S/C18H22N2O2S/c21-18(22)15-20-12-7-17(8-13-20)16-5-10-19(11-6-16)9-3-1-2-4-14-23/h5-8,10-13H,1-4,9,14-15H2/p+2. The third-order valence-electron chi connectivity index (χ3n) is 3.76. The van der Waals surface area contributed by atoms with Crippen molar-refractivity contribution in [3.05, 3.63) is 49.1 Å². The Morgan fingerprint density at radius 3 is 1.91 bits per heavy atom. The molecule has 2 rings (SSSR count).